The van der Waals surface area contributed by atoms with Gasteiger partial charge in [-0.3, -0.25) is 14.9 Å². The van der Waals surface area contributed by atoms with Gasteiger partial charge in [-0.1, -0.05) is 53.2 Å². The molecule has 0 radical (unpaired) electrons. The Kier molecular flexibility index (Phi) is 6.47. The molecule has 0 N–H and O–H groups in total. The highest BCUT2D eigenvalue weighted by Crippen LogP contribution is 2.40. The van der Waals surface area contributed by atoms with E-state index in [1.165, 1.54) is 4.68 Å². The summed E-state index contributed by atoms with van der Waals surface area (Å²) in [6, 6.07) is 8.76. The highest BCUT2D eigenvalue weighted by atomic mass is 35.5. The van der Waals surface area contributed by atoms with Crippen LogP contribution in [0, 0.1) is 10.1 Å². The Hall–Kier alpha value is -1.77. The number of ether oxygens (including phenoxy) is 1. The molecule has 7 nitrogen and oxygen atoms in total. The minimum Gasteiger partial charge on any atom is -0.465 e. The quantitative estimate of drug-likeness (QED) is 0.234. The summed E-state index contributed by atoms with van der Waals surface area (Å²) in [5.74, 6) is -0.587. The van der Waals surface area contributed by atoms with Crippen LogP contribution in [0.1, 0.15) is 17.5 Å². The van der Waals surface area contributed by atoms with Crippen LogP contribution in [-0.4, -0.2) is 33.0 Å². The van der Waals surface area contributed by atoms with Gasteiger partial charge in [0.1, 0.15) is 0 Å². The zero-order valence-corrected chi connectivity index (χ0v) is 14.8. The highest BCUT2D eigenvalue weighted by molar-refractivity contribution is 8.00. The third-order valence-corrected chi connectivity index (χ3v) is 4.23. The van der Waals surface area contributed by atoms with Crippen LogP contribution in [0.15, 0.2) is 35.4 Å². The van der Waals surface area contributed by atoms with Gasteiger partial charge in [0.05, 0.1) is 23.0 Å². The normalized spacial score (nSPS) is 10.8. The maximum Gasteiger partial charge on any atom is 0.327 e. The van der Waals surface area contributed by atoms with Crippen molar-refractivity contribution in [2.75, 3.05) is 12.4 Å². The summed E-state index contributed by atoms with van der Waals surface area (Å²) >= 11 is 12.8. The number of benzene rings is 1. The van der Waals surface area contributed by atoms with Crippen molar-refractivity contribution in [1.82, 2.24) is 9.78 Å². The summed E-state index contributed by atoms with van der Waals surface area (Å²) in [6.45, 7) is 1.91. The molecule has 0 spiro atoms. The molecule has 10 heteroatoms. The number of aromatic nitrogens is 2. The summed E-state index contributed by atoms with van der Waals surface area (Å²) in [5, 5.41) is 15.7. The molecule has 0 aliphatic carbocycles. The molecule has 0 bridgehead atoms. The van der Waals surface area contributed by atoms with E-state index in [1.807, 2.05) is 0 Å². The maximum atomic E-state index is 11.5. The average Bonchev–Trinajstić information content (AvgIpc) is 2.94. The third kappa shape index (κ3) is 4.19. The first kappa shape index (κ1) is 18.6. The van der Waals surface area contributed by atoms with Gasteiger partial charge in [0.2, 0.25) is 0 Å². The third-order valence-electron chi connectivity index (χ3n) is 2.89. The van der Waals surface area contributed by atoms with Crippen LogP contribution in [0.25, 0.3) is 5.69 Å². The summed E-state index contributed by atoms with van der Waals surface area (Å²) in [6.07, 6.45) is 0. The Bertz CT molecular complexity index is 737. The number of nitrogens with zero attached hydrogens (tertiary/aromatic N) is 3. The fourth-order valence-corrected chi connectivity index (χ4v) is 3.15. The van der Waals surface area contributed by atoms with Crippen molar-refractivity contribution in [2.24, 2.45) is 0 Å². The lowest BCUT2D eigenvalue weighted by atomic mass is 10.3. The Morgan fingerprint density at radius 1 is 1.42 bits per heavy atom. The van der Waals surface area contributed by atoms with Crippen LogP contribution in [0.3, 0.4) is 0 Å². The van der Waals surface area contributed by atoms with E-state index in [4.69, 9.17) is 27.9 Å². The van der Waals surface area contributed by atoms with E-state index in [0.29, 0.717) is 5.69 Å². The van der Waals surface area contributed by atoms with E-state index in [-0.39, 0.29) is 28.8 Å². The first-order chi connectivity index (χ1) is 11.5. The van der Waals surface area contributed by atoms with Crippen molar-refractivity contribution in [3.05, 3.63) is 46.1 Å². The predicted molar refractivity (Wildman–Crippen MR) is 92.0 cm³/mol. The van der Waals surface area contributed by atoms with E-state index in [1.54, 1.807) is 37.3 Å². The number of para-hydroxylation sites is 1. The lowest BCUT2D eigenvalue weighted by Gasteiger charge is -2.06. The molecule has 0 aliphatic rings. The van der Waals surface area contributed by atoms with Gasteiger partial charge >= 0.3 is 11.7 Å². The molecular formula is C14H13Cl2N3O4S. The van der Waals surface area contributed by atoms with Gasteiger partial charge in [0.25, 0.3) is 0 Å². The Labute approximate surface area is 152 Å². The highest BCUT2D eigenvalue weighted by Gasteiger charge is 2.32. The lowest BCUT2D eigenvalue weighted by molar-refractivity contribution is -0.388. The molecule has 0 unspecified atom stereocenters. The standard InChI is InChI=1S/C14H13Cl2N3O4S/c1-2-23-10(20)8-24-14-12(19(21)22)11(13(15)16)18(17-14)9-6-4-3-5-7-9/h3-7,13H,2,8H2,1H3. The van der Waals surface area contributed by atoms with Crippen LogP contribution < -0.4 is 0 Å². The fraction of sp³-hybridized carbons (Fsp3) is 0.286. The Morgan fingerprint density at radius 3 is 2.62 bits per heavy atom. The van der Waals surface area contributed by atoms with Gasteiger partial charge in [-0.25, -0.2) is 4.68 Å². The van der Waals surface area contributed by atoms with Gasteiger partial charge < -0.3 is 4.74 Å². The molecule has 1 aromatic carbocycles. The molecule has 2 rings (SSSR count). The SMILES string of the molecule is CCOC(=O)CSc1nn(-c2ccccc2)c(C(Cl)Cl)c1[N+](=O)[O-]. The Morgan fingerprint density at radius 2 is 2.08 bits per heavy atom. The number of carbonyl (C=O) groups is 1. The maximum absolute atomic E-state index is 11.5. The molecule has 0 aliphatic heterocycles. The number of hydrogen-bond acceptors (Lipinski definition) is 6. The van der Waals surface area contributed by atoms with Crippen LogP contribution >= 0.6 is 35.0 Å². The second kappa shape index (κ2) is 8.36. The number of hydrogen-bond donors (Lipinski definition) is 0. The van der Waals surface area contributed by atoms with Gasteiger partial charge in [-0.15, -0.1) is 0 Å². The molecule has 24 heavy (non-hydrogen) atoms. The van der Waals surface area contributed by atoms with Gasteiger partial charge in [0.15, 0.2) is 15.6 Å². The van der Waals surface area contributed by atoms with E-state index < -0.39 is 15.7 Å². The summed E-state index contributed by atoms with van der Waals surface area (Å²) in [7, 11) is 0. The number of nitro groups is 1. The molecular weight excluding hydrogens is 377 g/mol. The van der Waals surface area contributed by atoms with Crippen molar-refractivity contribution >= 4 is 46.6 Å². The predicted octanol–water partition coefficient (Wildman–Crippen LogP) is 3.91. The molecule has 0 amide bonds. The van der Waals surface area contributed by atoms with Crippen LogP contribution in [0.4, 0.5) is 5.69 Å². The second-order valence-electron chi connectivity index (χ2n) is 4.44. The van der Waals surface area contributed by atoms with Gasteiger partial charge in [0, 0.05) is 0 Å². The first-order valence-corrected chi connectivity index (χ1v) is 8.70. The monoisotopic (exact) mass is 389 g/mol. The zero-order valence-electron chi connectivity index (χ0n) is 12.5. The molecule has 0 atom stereocenters. The molecule has 2 aromatic rings. The number of carbonyl (C=O) groups excluding carboxylic acids is 1. The summed E-state index contributed by atoms with van der Waals surface area (Å²) in [5.41, 5.74) is 0.300. The van der Waals surface area contributed by atoms with Crippen molar-refractivity contribution in [3.8, 4) is 5.69 Å². The van der Waals surface area contributed by atoms with Crippen molar-refractivity contribution < 1.29 is 14.5 Å². The first-order valence-electron chi connectivity index (χ1n) is 6.85. The lowest BCUT2D eigenvalue weighted by Crippen LogP contribution is -2.06. The second-order valence-corrected chi connectivity index (χ2v) is 6.50. The van der Waals surface area contributed by atoms with E-state index in [9.17, 15) is 14.9 Å². The number of thioether (sulfide) groups is 1. The average molecular weight is 390 g/mol. The van der Waals surface area contributed by atoms with Crippen molar-refractivity contribution in [1.29, 1.82) is 0 Å². The molecule has 0 saturated carbocycles. The van der Waals surface area contributed by atoms with E-state index in [0.717, 1.165) is 11.8 Å². The smallest absolute Gasteiger partial charge is 0.327 e. The molecule has 1 heterocycles. The number of alkyl halides is 2. The van der Waals surface area contributed by atoms with Crippen LogP contribution in [-0.2, 0) is 9.53 Å². The zero-order chi connectivity index (χ0) is 17.7. The molecule has 128 valence electrons. The minimum atomic E-state index is -1.16. The van der Waals surface area contributed by atoms with Gasteiger partial charge in [-0.2, -0.15) is 5.10 Å². The minimum absolute atomic E-state index is 0.0425. The topological polar surface area (TPSA) is 87.3 Å². The number of esters is 1. The van der Waals surface area contributed by atoms with Crippen LogP contribution in [0.2, 0.25) is 0 Å². The summed E-state index contributed by atoms with van der Waals surface area (Å²) in [4.78, 5) is 21.2. The molecule has 1 aromatic heterocycles. The van der Waals surface area contributed by atoms with Crippen LogP contribution in [0.5, 0.6) is 0 Å². The fourth-order valence-electron chi connectivity index (χ4n) is 1.96. The molecule has 0 fully saturated rings. The Balaban J connectivity index is 2.47. The van der Waals surface area contributed by atoms with Gasteiger partial charge in [-0.05, 0) is 19.1 Å². The van der Waals surface area contributed by atoms with Crippen molar-refractivity contribution in [3.63, 3.8) is 0 Å². The van der Waals surface area contributed by atoms with E-state index >= 15 is 0 Å². The summed E-state index contributed by atoms with van der Waals surface area (Å²) < 4.78 is 6.13. The number of halogens is 2. The van der Waals surface area contributed by atoms with Crippen molar-refractivity contribution in [2.45, 2.75) is 16.8 Å². The van der Waals surface area contributed by atoms with E-state index in [2.05, 4.69) is 5.10 Å². The molecule has 0 saturated heterocycles. The number of rotatable bonds is 7. The largest absolute Gasteiger partial charge is 0.465 e.